The van der Waals surface area contributed by atoms with Gasteiger partial charge in [-0.2, -0.15) is 0 Å². The van der Waals surface area contributed by atoms with Crippen molar-refractivity contribution in [3.8, 4) is 0 Å². The van der Waals surface area contributed by atoms with Gasteiger partial charge in [0.2, 0.25) is 0 Å². The van der Waals surface area contributed by atoms with Crippen molar-refractivity contribution in [1.29, 1.82) is 0 Å². The maximum Gasteiger partial charge on any atom is 0.0717 e. The van der Waals surface area contributed by atoms with Gasteiger partial charge >= 0.3 is 0 Å². The second kappa shape index (κ2) is 5.85. The minimum Gasteiger partial charge on any atom is -0.376 e. The van der Waals surface area contributed by atoms with Gasteiger partial charge in [0, 0.05) is 18.7 Å². The molecule has 1 N–H and O–H groups in total. The second-order valence-electron chi connectivity index (χ2n) is 6.38. The molecule has 0 aromatic heterocycles. The van der Waals surface area contributed by atoms with Gasteiger partial charge in [0.1, 0.15) is 0 Å². The van der Waals surface area contributed by atoms with E-state index < -0.39 is 0 Å². The van der Waals surface area contributed by atoms with Crippen molar-refractivity contribution in [2.75, 3.05) is 6.61 Å². The summed E-state index contributed by atoms with van der Waals surface area (Å²) in [6, 6.07) is 8.72. The van der Waals surface area contributed by atoms with Gasteiger partial charge in [-0.15, -0.1) is 0 Å². The first-order chi connectivity index (χ1) is 8.53. The summed E-state index contributed by atoms with van der Waals surface area (Å²) in [7, 11) is 0. The monoisotopic (exact) mass is 247 g/mol. The third kappa shape index (κ3) is 5.19. The first-order valence-corrected chi connectivity index (χ1v) is 6.93. The zero-order valence-corrected chi connectivity index (χ0v) is 11.8. The zero-order chi connectivity index (χ0) is 13.0. The summed E-state index contributed by atoms with van der Waals surface area (Å²) in [5, 5.41) is 3.49. The number of nitrogens with one attached hydrogen (secondary N) is 1. The lowest BCUT2D eigenvalue weighted by molar-refractivity contribution is 0.111. The van der Waals surface area contributed by atoms with E-state index in [9.17, 15) is 0 Å². The molecule has 0 heterocycles. The average molecular weight is 247 g/mol. The largest absolute Gasteiger partial charge is 0.376 e. The number of ether oxygens (including phenoxy) is 1. The molecular formula is C16H25NO. The average Bonchev–Trinajstić information content (AvgIpc) is 3.11. The molecule has 0 aliphatic heterocycles. The molecule has 0 saturated heterocycles. The molecule has 2 nitrogen and oxygen atoms in total. The van der Waals surface area contributed by atoms with Gasteiger partial charge in [0.15, 0.2) is 0 Å². The Morgan fingerprint density at radius 1 is 1.11 bits per heavy atom. The van der Waals surface area contributed by atoms with Gasteiger partial charge < -0.3 is 10.1 Å². The van der Waals surface area contributed by atoms with Crippen LogP contribution < -0.4 is 5.32 Å². The summed E-state index contributed by atoms with van der Waals surface area (Å²) >= 11 is 0. The fourth-order valence-electron chi connectivity index (χ4n) is 1.75. The van der Waals surface area contributed by atoms with E-state index in [1.807, 2.05) is 0 Å². The van der Waals surface area contributed by atoms with E-state index in [-0.39, 0.29) is 5.54 Å². The highest BCUT2D eigenvalue weighted by molar-refractivity contribution is 5.22. The Labute approximate surface area is 111 Å². The van der Waals surface area contributed by atoms with E-state index >= 15 is 0 Å². The quantitative estimate of drug-likeness (QED) is 0.830. The van der Waals surface area contributed by atoms with Crippen LogP contribution in [0.3, 0.4) is 0 Å². The van der Waals surface area contributed by atoms with Crippen molar-refractivity contribution in [2.45, 2.75) is 52.3 Å². The number of hydrogen-bond acceptors (Lipinski definition) is 2. The fraction of sp³-hybridized carbons (Fsp3) is 0.625. The predicted molar refractivity (Wildman–Crippen MR) is 75.4 cm³/mol. The van der Waals surface area contributed by atoms with E-state index in [1.54, 1.807) is 0 Å². The van der Waals surface area contributed by atoms with Crippen molar-refractivity contribution in [3.05, 3.63) is 35.4 Å². The lowest BCUT2D eigenvalue weighted by Crippen LogP contribution is -2.35. The summed E-state index contributed by atoms with van der Waals surface area (Å²) in [5.74, 6) is 0.847. The molecular weight excluding hydrogens is 222 g/mol. The lowest BCUT2D eigenvalue weighted by atomic mass is 10.1. The molecule has 2 rings (SSSR count). The van der Waals surface area contributed by atoms with Crippen LogP contribution in [0.2, 0.25) is 0 Å². The van der Waals surface area contributed by atoms with Crippen LogP contribution in [0, 0.1) is 5.92 Å². The smallest absolute Gasteiger partial charge is 0.0717 e. The highest BCUT2D eigenvalue weighted by Crippen LogP contribution is 2.29. The van der Waals surface area contributed by atoms with Crippen molar-refractivity contribution < 1.29 is 4.74 Å². The van der Waals surface area contributed by atoms with E-state index in [1.165, 1.54) is 24.0 Å². The maximum absolute atomic E-state index is 5.68. The van der Waals surface area contributed by atoms with Gasteiger partial charge in [-0.25, -0.2) is 0 Å². The minimum absolute atomic E-state index is 0.173. The normalized spacial score (nSPS) is 15.9. The van der Waals surface area contributed by atoms with E-state index in [0.717, 1.165) is 25.7 Å². The summed E-state index contributed by atoms with van der Waals surface area (Å²) < 4.78 is 5.68. The van der Waals surface area contributed by atoms with Crippen LogP contribution in [0.25, 0.3) is 0 Å². The molecule has 1 aliphatic rings. The van der Waals surface area contributed by atoms with Crippen LogP contribution in [0.5, 0.6) is 0 Å². The number of benzene rings is 1. The molecule has 0 radical (unpaired) electrons. The number of rotatable bonds is 6. The van der Waals surface area contributed by atoms with Crippen LogP contribution in [0.4, 0.5) is 0 Å². The molecule has 100 valence electrons. The molecule has 0 bridgehead atoms. The molecule has 1 saturated carbocycles. The van der Waals surface area contributed by atoms with Crippen LogP contribution in [-0.4, -0.2) is 12.1 Å². The Balaban J connectivity index is 1.73. The lowest BCUT2D eigenvalue weighted by Gasteiger charge is -2.20. The third-order valence-electron chi connectivity index (χ3n) is 3.17. The maximum atomic E-state index is 5.68. The highest BCUT2D eigenvalue weighted by Gasteiger charge is 2.20. The molecule has 0 atom stereocenters. The van der Waals surface area contributed by atoms with Gasteiger partial charge in [0.05, 0.1) is 6.61 Å². The van der Waals surface area contributed by atoms with Gasteiger partial charge in [-0.3, -0.25) is 0 Å². The first-order valence-electron chi connectivity index (χ1n) is 6.93. The number of hydrogen-bond donors (Lipinski definition) is 1. The molecule has 1 fully saturated rings. The molecule has 0 spiro atoms. The molecule has 18 heavy (non-hydrogen) atoms. The Morgan fingerprint density at radius 2 is 1.72 bits per heavy atom. The standard InChI is InChI=1S/C16H25NO/c1-16(2,3)17-10-13-4-6-14(7-5-13)11-18-12-15-8-9-15/h4-7,15,17H,8-12H2,1-3H3. The highest BCUT2D eigenvalue weighted by atomic mass is 16.5. The zero-order valence-electron chi connectivity index (χ0n) is 11.8. The van der Waals surface area contributed by atoms with Gasteiger partial charge in [0.25, 0.3) is 0 Å². The summed E-state index contributed by atoms with van der Waals surface area (Å²) in [4.78, 5) is 0. The fourth-order valence-corrected chi connectivity index (χ4v) is 1.75. The summed E-state index contributed by atoms with van der Waals surface area (Å²) in [5.41, 5.74) is 2.78. The predicted octanol–water partition coefficient (Wildman–Crippen LogP) is 3.50. The Morgan fingerprint density at radius 3 is 2.28 bits per heavy atom. The SMILES string of the molecule is CC(C)(C)NCc1ccc(COCC2CC2)cc1. The molecule has 2 heteroatoms. The van der Waals surface area contributed by atoms with Crippen LogP contribution in [0.1, 0.15) is 44.7 Å². The van der Waals surface area contributed by atoms with Crippen LogP contribution >= 0.6 is 0 Å². The first kappa shape index (κ1) is 13.6. The van der Waals surface area contributed by atoms with E-state index in [2.05, 4.69) is 50.4 Å². The van der Waals surface area contributed by atoms with Crippen LogP contribution in [0.15, 0.2) is 24.3 Å². The van der Waals surface area contributed by atoms with E-state index in [4.69, 9.17) is 4.74 Å². The molecule has 0 amide bonds. The Hall–Kier alpha value is -0.860. The summed E-state index contributed by atoms with van der Waals surface area (Å²) in [6.45, 7) is 9.18. The van der Waals surface area contributed by atoms with Crippen molar-refractivity contribution in [1.82, 2.24) is 5.32 Å². The van der Waals surface area contributed by atoms with Crippen molar-refractivity contribution in [2.24, 2.45) is 5.92 Å². The topological polar surface area (TPSA) is 21.3 Å². The van der Waals surface area contributed by atoms with Gasteiger partial charge in [-0.1, -0.05) is 24.3 Å². The second-order valence-corrected chi connectivity index (χ2v) is 6.38. The molecule has 0 unspecified atom stereocenters. The Kier molecular flexibility index (Phi) is 4.41. The van der Waals surface area contributed by atoms with Gasteiger partial charge in [-0.05, 0) is 50.7 Å². The molecule has 1 aromatic rings. The Bertz CT molecular complexity index is 360. The third-order valence-corrected chi connectivity index (χ3v) is 3.17. The van der Waals surface area contributed by atoms with E-state index in [0.29, 0.717) is 0 Å². The van der Waals surface area contributed by atoms with Crippen molar-refractivity contribution >= 4 is 0 Å². The van der Waals surface area contributed by atoms with Crippen molar-refractivity contribution in [3.63, 3.8) is 0 Å². The minimum atomic E-state index is 0.173. The summed E-state index contributed by atoms with van der Waals surface area (Å²) in [6.07, 6.45) is 2.72. The van der Waals surface area contributed by atoms with Crippen LogP contribution in [-0.2, 0) is 17.9 Å². The molecule has 1 aliphatic carbocycles. The molecule has 1 aromatic carbocycles.